The third-order valence-electron chi connectivity index (χ3n) is 3.61. The third-order valence-corrected chi connectivity index (χ3v) is 3.84. The molecule has 1 aromatic heterocycles. The Kier molecular flexibility index (Phi) is 5.61. The molecule has 0 aromatic carbocycles. The summed E-state index contributed by atoms with van der Waals surface area (Å²) in [4.78, 5) is 6.68. The number of rotatable bonds is 5. The van der Waals surface area contributed by atoms with Crippen molar-refractivity contribution in [1.29, 1.82) is 0 Å². The van der Waals surface area contributed by atoms with E-state index in [0.29, 0.717) is 11.2 Å². The van der Waals surface area contributed by atoms with Crippen molar-refractivity contribution in [3.8, 4) is 0 Å². The van der Waals surface area contributed by atoms with Crippen molar-refractivity contribution in [3.63, 3.8) is 0 Å². The van der Waals surface area contributed by atoms with Crippen molar-refractivity contribution < 1.29 is 0 Å². The summed E-state index contributed by atoms with van der Waals surface area (Å²) in [5.41, 5.74) is 1.25. The van der Waals surface area contributed by atoms with Crippen LogP contribution in [-0.2, 0) is 6.54 Å². The topological polar surface area (TPSA) is 28.2 Å². The van der Waals surface area contributed by atoms with Gasteiger partial charge < -0.3 is 5.32 Å². The Morgan fingerprint density at radius 3 is 3.00 bits per heavy atom. The molecule has 0 saturated carbocycles. The van der Waals surface area contributed by atoms with Gasteiger partial charge in [-0.05, 0) is 43.5 Å². The number of hydrogen-bond donors (Lipinski definition) is 1. The van der Waals surface area contributed by atoms with Gasteiger partial charge in [0, 0.05) is 25.3 Å². The predicted octanol–water partition coefficient (Wildman–Crippen LogP) is 2.95. The van der Waals surface area contributed by atoms with Crippen LogP contribution < -0.4 is 5.32 Å². The lowest BCUT2D eigenvalue weighted by molar-refractivity contribution is 0.164. The van der Waals surface area contributed by atoms with E-state index in [9.17, 15) is 0 Å². The lowest BCUT2D eigenvalue weighted by Gasteiger charge is -2.33. The Labute approximate surface area is 121 Å². The summed E-state index contributed by atoms with van der Waals surface area (Å²) in [5.74, 6) is 0.774. The lowest BCUT2D eigenvalue weighted by Crippen LogP contribution is -2.40. The van der Waals surface area contributed by atoms with E-state index in [1.165, 1.54) is 31.5 Å². The molecule has 1 atom stereocenters. The zero-order valence-corrected chi connectivity index (χ0v) is 12.7. The molecule has 3 nitrogen and oxygen atoms in total. The van der Waals surface area contributed by atoms with E-state index in [1.807, 2.05) is 12.3 Å². The average Bonchev–Trinajstić information content (AvgIpc) is 2.40. The third kappa shape index (κ3) is 5.09. The highest BCUT2D eigenvalue weighted by molar-refractivity contribution is 6.29. The molecule has 1 aliphatic heterocycles. The summed E-state index contributed by atoms with van der Waals surface area (Å²) in [6.45, 7) is 8.92. The minimum Gasteiger partial charge on any atom is -0.314 e. The van der Waals surface area contributed by atoms with Gasteiger partial charge in [-0.1, -0.05) is 31.5 Å². The smallest absolute Gasteiger partial charge is 0.129 e. The maximum absolute atomic E-state index is 5.82. The first kappa shape index (κ1) is 14.8. The Bertz CT molecular complexity index is 377. The molecule has 2 heterocycles. The van der Waals surface area contributed by atoms with Crippen molar-refractivity contribution in [2.24, 2.45) is 5.92 Å². The second-order valence-corrected chi connectivity index (χ2v) is 6.18. The van der Waals surface area contributed by atoms with Gasteiger partial charge in [0.2, 0.25) is 0 Å². The summed E-state index contributed by atoms with van der Waals surface area (Å²) < 4.78 is 0. The summed E-state index contributed by atoms with van der Waals surface area (Å²) in [6, 6.07) is 4.53. The molecule has 0 bridgehead atoms. The van der Waals surface area contributed by atoms with Crippen molar-refractivity contribution in [2.75, 3.05) is 19.6 Å². The van der Waals surface area contributed by atoms with E-state index in [1.54, 1.807) is 0 Å². The van der Waals surface area contributed by atoms with Crippen LogP contribution in [0.1, 0.15) is 32.3 Å². The van der Waals surface area contributed by atoms with Crippen LogP contribution >= 0.6 is 11.6 Å². The van der Waals surface area contributed by atoms with Gasteiger partial charge in [-0.2, -0.15) is 0 Å². The minimum atomic E-state index is 0.571. The number of piperidine rings is 1. The number of nitrogens with zero attached hydrogens (tertiary/aromatic N) is 2. The molecule has 1 aromatic rings. The van der Waals surface area contributed by atoms with Gasteiger partial charge in [0.15, 0.2) is 0 Å². The molecular weight excluding hydrogens is 258 g/mol. The zero-order valence-electron chi connectivity index (χ0n) is 11.9. The normalized spacial score (nSPS) is 20.9. The number of hydrogen-bond acceptors (Lipinski definition) is 3. The fourth-order valence-corrected chi connectivity index (χ4v) is 2.73. The quantitative estimate of drug-likeness (QED) is 0.841. The molecule has 1 unspecified atom stereocenters. The molecule has 0 amide bonds. The second-order valence-electron chi connectivity index (χ2n) is 5.80. The van der Waals surface area contributed by atoms with Crippen LogP contribution in [0.5, 0.6) is 0 Å². The molecule has 1 fully saturated rings. The molecule has 1 aliphatic rings. The van der Waals surface area contributed by atoms with E-state index < -0.39 is 0 Å². The van der Waals surface area contributed by atoms with Gasteiger partial charge in [-0.25, -0.2) is 4.98 Å². The zero-order chi connectivity index (χ0) is 13.7. The molecule has 0 radical (unpaired) electrons. The van der Waals surface area contributed by atoms with Gasteiger partial charge in [0.05, 0.1) is 0 Å². The summed E-state index contributed by atoms with van der Waals surface area (Å²) in [5, 5.41) is 4.12. The summed E-state index contributed by atoms with van der Waals surface area (Å²) in [6.07, 6.45) is 4.53. The van der Waals surface area contributed by atoms with Gasteiger partial charge in [0.25, 0.3) is 0 Å². The molecule has 0 spiro atoms. The molecule has 106 valence electrons. The van der Waals surface area contributed by atoms with Crippen molar-refractivity contribution >= 4 is 11.6 Å². The Morgan fingerprint density at radius 1 is 1.47 bits per heavy atom. The number of likely N-dealkylation sites (tertiary alicyclic amines) is 1. The SMILES string of the molecule is CC(C)NCC1CCCN(Cc2ccc(Cl)nc2)C1. The van der Waals surface area contributed by atoms with Crippen molar-refractivity contribution in [3.05, 3.63) is 29.0 Å². The van der Waals surface area contributed by atoms with Crippen LogP contribution in [0.2, 0.25) is 5.15 Å². The van der Waals surface area contributed by atoms with E-state index >= 15 is 0 Å². The lowest BCUT2D eigenvalue weighted by atomic mass is 9.97. The van der Waals surface area contributed by atoms with E-state index in [-0.39, 0.29) is 0 Å². The van der Waals surface area contributed by atoms with Crippen LogP contribution in [0.4, 0.5) is 0 Å². The Balaban J connectivity index is 1.82. The van der Waals surface area contributed by atoms with Crippen molar-refractivity contribution in [1.82, 2.24) is 15.2 Å². The van der Waals surface area contributed by atoms with E-state index in [0.717, 1.165) is 19.0 Å². The standard InChI is InChI=1S/C15H24ClN3/c1-12(2)17-8-13-4-3-7-19(10-13)11-14-5-6-15(16)18-9-14/h5-6,9,12-13,17H,3-4,7-8,10-11H2,1-2H3. The van der Waals surface area contributed by atoms with Gasteiger partial charge in [0.1, 0.15) is 5.15 Å². The Morgan fingerprint density at radius 2 is 2.32 bits per heavy atom. The monoisotopic (exact) mass is 281 g/mol. The molecule has 1 saturated heterocycles. The molecule has 1 N–H and O–H groups in total. The largest absolute Gasteiger partial charge is 0.314 e. The first-order valence-corrected chi connectivity index (χ1v) is 7.57. The Hall–Kier alpha value is -0.640. The van der Waals surface area contributed by atoms with Crippen LogP contribution in [0.3, 0.4) is 0 Å². The van der Waals surface area contributed by atoms with Crippen LogP contribution in [0.15, 0.2) is 18.3 Å². The van der Waals surface area contributed by atoms with Crippen LogP contribution in [0, 0.1) is 5.92 Å². The van der Waals surface area contributed by atoms with Gasteiger partial charge >= 0.3 is 0 Å². The van der Waals surface area contributed by atoms with Crippen molar-refractivity contribution in [2.45, 2.75) is 39.3 Å². The van der Waals surface area contributed by atoms with E-state index in [2.05, 4.69) is 35.1 Å². The molecular formula is C15H24ClN3. The number of halogens is 1. The highest BCUT2D eigenvalue weighted by atomic mass is 35.5. The number of aromatic nitrogens is 1. The molecule has 2 rings (SSSR count). The second kappa shape index (κ2) is 7.22. The highest BCUT2D eigenvalue weighted by Crippen LogP contribution is 2.18. The fraction of sp³-hybridized carbons (Fsp3) is 0.667. The number of pyridine rings is 1. The van der Waals surface area contributed by atoms with Crippen LogP contribution in [0.25, 0.3) is 0 Å². The summed E-state index contributed by atoms with van der Waals surface area (Å²) >= 11 is 5.82. The van der Waals surface area contributed by atoms with Gasteiger partial charge in [-0.15, -0.1) is 0 Å². The number of nitrogens with one attached hydrogen (secondary N) is 1. The summed E-state index contributed by atoms with van der Waals surface area (Å²) in [7, 11) is 0. The van der Waals surface area contributed by atoms with Crippen LogP contribution in [-0.4, -0.2) is 35.6 Å². The maximum Gasteiger partial charge on any atom is 0.129 e. The molecule has 19 heavy (non-hydrogen) atoms. The maximum atomic E-state index is 5.82. The van der Waals surface area contributed by atoms with Gasteiger partial charge in [-0.3, -0.25) is 4.90 Å². The first-order valence-electron chi connectivity index (χ1n) is 7.19. The average molecular weight is 282 g/mol. The minimum absolute atomic E-state index is 0.571. The first-order chi connectivity index (χ1) is 9.13. The highest BCUT2D eigenvalue weighted by Gasteiger charge is 2.19. The predicted molar refractivity (Wildman–Crippen MR) is 80.4 cm³/mol. The molecule has 0 aliphatic carbocycles. The molecule has 4 heteroatoms. The fourth-order valence-electron chi connectivity index (χ4n) is 2.62. The van der Waals surface area contributed by atoms with E-state index in [4.69, 9.17) is 11.6 Å².